The van der Waals surface area contributed by atoms with E-state index in [1.807, 2.05) is 0 Å². The smallest absolute Gasteiger partial charge is 0.322 e. The van der Waals surface area contributed by atoms with Gasteiger partial charge in [-0.15, -0.1) is 0 Å². The van der Waals surface area contributed by atoms with Crippen LogP contribution in [0.1, 0.15) is 19.3 Å². The van der Waals surface area contributed by atoms with E-state index < -0.39 is 34.7 Å². The predicted octanol–water partition coefficient (Wildman–Crippen LogP) is -1.82. The molecule has 0 aromatic carbocycles. The molecule has 0 bridgehead atoms. The lowest BCUT2D eigenvalue weighted by atomic mass is 10.1. The number of hydrogen-bond acceptors (Lipinski definition) is 5. The van der Waals surface area contributed by atoms with Crippen molar-refractivity contribution in [2.75, 3.05) is 13.2 Å². The number of nitrogens with two attached hydrogens (primary N) is 1. The molecule has 0 radical (unpaired) electrons. The molecule has 0 aromatic heterocycles. The molecule has 0 aliphatic carbocycles. The maximum absolute atomic E-state index is 11.8. The quantitative estimate of drug-likeness (QED) is 0.490. The minimum absolute atomic E-state index is 0.0895. The third-order valence-electron chi connectivity index (χ3n) is 2.43. The van der Waals surface area contributed by atoms with Gasteiger partial charge in [-0.25, -0.2) is 0 Å². The molecule has 104 valence electrons. The first-order valence-corrected chi connectivity index (χ1v) is 6.70. The number of hydrogen-bond donors (Lipinski definition) is 3. The number of nitrogens with zero attached hydrogens (tertiary/aromatic N) is 1. The average Bonchev–Trinajstić information content (AvgIpc) is 2.28. The fraction of sp³-hybridized carbons (Fsp3) is 0.750. The maximum Gasteiger partial charge on any atom is 0.322 e. The third kappa shape index (κ3) is 3.91. The van der Waals surface area contributed by atoms with Gasteiger partial charge in [-0.05, 0) is 19.3 Å². The number of rotatable bonds is 6. The molecule has 0 saturated carbocycles. The van der Waals surface area contributed by atoms with Crippen LogP contribution in [0, 0.1) is 0 Å². The number of carboxylic acid groups (broad SMARTS) is 1. The SMILES string of the molecule is NC(=O)CONS(=O)(=O)N1CCCCC1C(=O)O. The van der Waals surface area contributed by atoms with Crippen molar-refractivity contribution in [3.63, 3.8) is 0 Å². The normalized spacial score (nSPS) is 21.7. The second-order valence-electron chi connectivity index (χ2n) is 3.80. The van der Waals surface area contributed by atoms with E-state index in [2.05, 4.69) is 4.84 Å². The summed E-state index contributed by atoms with van der Waals surface area (Å²) in [6.45, 7) is -0.531. The molecule has 0 aromatic rings. The van der Waals surface area contributed by atoms with Gasteiger partial charge in [0.25, 0.3) is 0 Å². The minimum atomic E-state index is -4.10. The lowest BCUT2D eigenvalue weighted by Gasteiger charge is -2.31. The van der Waals surface area contributed by atoms with Crippen LogP contribution in [-0.4, -0.2) is 48.9 Å². The van der Waals surface area contributed by atoms with Crippen molar-refractivity contribution in [2.24, 2.45) is 5.73 Å². The van der Waals surface area contributed by atoms with Crippen molar-refractivity contribution >= 4 is 22.1 Å². The summed E-state index contributed by atoms with van der Waals surface area (Å²) < 4.78 is 24.3. The van der Waals surface area contributed by atoms with Gasteiger partial charge >= 0.3 is 16.2 Å². The fourth-order valence-corrected chi connectivity index (χ4v) is 2.87. The van der Waals surface area contributed by atoms with Gasteiger partial charge in [0.15, 0.2) is 0 Å². The highest BCUT2D eigenvalue weighted by Gasteiger charge is 2.36. The summed E-state index contributed by atoms with van der Waals surface area (Å²) in [7, 11) is -4.10. The average molecular weight is 281 g/mol. The van der Waals surface area contributed by atoms with Crippen LogP contribution in [0.5, 0.6) is 0 Å². The molecule has 18 heavy (non-hydrogen) atoms. The van der Waals surface area contributed by atoms with Crippen LogP contribution in [0.3, 0.4) is 0 Å². The van der Waals surface area contributed by atoms with Crippen LogP contribution in [-0.2, 0) is 24.6 Å². The number of aliphatic carboxylic acids is 1. The van der Waals surface area contributed by atoms with Crippen LogP contribution in [0.25, 0.3) is 0 Å². The number of piperidine rings is 1. The Morgan fingerprint density at radius 3 is 2.67 bits per heavy atom. The Bertz CT molecular complexity index is 423. The first-order chi connectivity index (χ1) is 8.34. The number of carboxylic acids is 1. The highest BCUT2D eigenvalue weighted by Crippen LogP contribution is 2.19. The van der Waals surface area contributed by atoms with Crippen LogP contribution in [0.4, 0.5) is 0 Å². The first kappa shape index (κ1) is 14.8. The largest absolute Gasteiger partial charge is 0.480 e. The van der Waals surface area contributed by atoms with E-state index in [0.29, 0.717) is 12.8 Å². The van der Waals surface area contributed by atoms with E-state index in [-0.39, 0.29) is 13.0 Å². The summed E-state index contributed by atoms with van der Waals surface area (Å²) >= 11 is 0. The van der Waals surface area contributed by atoms with Crippen molar-refractivity contribution in [3.05, 3.63) is 0 Å². The van der Waals surface area contributed by atoms with Crippen molar-refractivity contribution in [1.29, 1.82) is 0 Å². The van der Waals surface area contributed by atoms with Crippen LogP contribution in [0.15, 0.2) is 0 Å². The van der Waals surface area contributed by atoms with Crippen molar-refractivity contribution in [2.45, 2.75) is 25.3 Å². The van der Waals surface area contributed by atoms with Crippen LogP contribution < -0.4 is 10.6 Å². The monoisotopic (exact) mass is 281 g/mol. The number of primary amides is 1. The standard InChI is InChI=1S/C8H15N3O6S/c9-7(12)5-17-10-18(15,16)11-4-2-1-3-6(11)8(13)14/h6,10H,1-5H2,(H2,9,12)(H,13,14). The summed E-state index contributed by atoms with van der Waals surface area (Å²) in [5, 5.41) is 8.94. The third-order valence-corrected chi connectivity index (χ3v) is 3.81. The molecule has 1 saturated heterocycles. The van der Waals surface area contributed by atoms with Crippen molar-refractivity contribution in [3.8, 4) is 0 Å². The van der Waals surface area contributed by atoms with Gasteiger partial charge in [0.2, 0.25) is 5.91 Å². The van der Waals surface area contributed by atoms with E-state index in [9.17, 15) is 18.0 Å². The molecule has 10 heteroatoms. The summed E-state index contributed by atoms with van der Waals surface area (Å²) in [6.07, 6.45) is 1.46. The molecule has 1 rings (SSSR count). The lowest BCUT2D eigenvalue weighted by molar-refractivity contribution is -0.142. The minimum Gasteiger partial charge on any atom is -0.480 e. The molecule has 1 fully saturated rings. The Labute approximate surface area is 104 Å². The Hall–Kier alpha value is -1.23. The van der Waals surface area contributed by atoms with E-state index in [0.717, 1.165) is 4.31 Å². The van der Waals surface area contributed by atoms with Gasteiger partial charge in [0.1, 0.15) is 12.6 Å². The van der Waals surface area contributed by atoms with E-state index in [1.54, 1.807) is 4.89 Å². The highest BCUT2D eigenvalue weighted by molar-refractivity contribution is 7.87. The van der Waals surface area contributed by atoms with Crippen molar-refractivity contribution < 1.29 is 28.0 Å². The molecule has 4 N–H and O–H groups in total. The molecule has 1 aliphatic rings. The van der Waals surface area contributed by atoms with Crippen LogP contribution >= 0.6 is 0 Å². The summed E-state index contributed by atoms with van der Waals surface area (Å²) in [4.78, 5) is 27.4. The molecule has 9 nitrogen and oxygen atoms in total. The Kier molecular flexibility index (Phi) is 5.02. The second-order valence-corrected chi connectivity index (χ2v) is 5.39. The molecule has 1 aliphatic heterocycles. The molecule has 1 heterocycles. The van der Waals surface area contributed by atoms with E-state index in [1.165, 1.54) is 0 Å². The van der Waals surface area contributed by atoms with Crippen LogP contribution in [0.2, 0.25) is 0 Å². The molecular formula is C8H15N3O6S. The number of carbonyl (C=O) groups excluding carboxylic acids is 1. The highest BCUT2D eigenvalue weighted by atomic mass is 32.2. The van der Waals surface area contributed by atoms with Gasteiger partial charge in [0.05, 0.1) is 0 Å². The number of nitrogens with one attached hydrogen (secondary N) is 1. The summed E-state index contributed by atoms with van der Waals surface area (Å²) in [6, 6.07) is -1.12. The zero-order valence-corrected chi connectivity index (χ0v) is 10.4. The van der Waals surface area contributed by atoms with Gasteiger partial charge in [-0.3, -0.25) is 14.4 Å². The molecule has 1 amide bonds. The van der Waals surface area contributed by atoms with Gasteiger partial charge in [-0.2, -0.15) is 12.7 Å². The Morgan fingerprint density at radius 1 is 1.44 bits per heavy atom. The Morgan fingerprint density at radius 2 is 2.11 bits per heavy atom. The molecule has 1 unspecified atom stereocenters. The van der Waals surface area contributed by atoms with E-state index in [4.69, 9.17) is 10.8 Å². The van der Waals surface area contributed by atoms with Gasteiger partial charge < -0.3 is 10.8 Å². The Balaban J connectivity index is 2.69. The van der Waals surface area contributed by atoms with Gasteiger partial charge in [0, 0.05) is 6.54 Å². The molecule has 0 spiro atoms. The van der Waals surface area contributed by atoms with Gasteiger partial charge in [-0.1, -0.05) is 4.89 Å². The van der Waals surface area contributed by atoms with E-state index >= 15 is 0 Å². The molecular weight excluding hydrogens is 266 g/mol. The second kappa shape index (κ2) is 6.09. The zero-order valence-electron chi connectivity index (χ0n) is 9.53. The zero-order chi connectivity index (χ0) is 13.8. The molecule has 1 atom stereocenters. The van der Waals surface area contributed by atoms with Crippen molar-refractivity contribution in [1.82, 2.24) is 9.19 Å². The number of carbonyl (C=O) groups is 2. The lowest BCUT2D eigenvalue weighted by Crippen LogP contribution is -2.52. The predicted molar refractivity (Wildman–Crippen MR) is 59.2 cm³/mol. The first-order valence-electron chi connectivity index (χ1n) is 5.26. The topological polar surface area (TPSA) is 139 Å². The number of amides is 1. The summed E-state index contributed by atoms with van der Waals surface area (Å²) in [5.74, 6) is -2.05. The fourth-order valence-electron chi connectivity index (χ4n) is 1.66. The summed E-state index contributed by atoms with van der Waals surface area (Å²) in [5.41, 5.74) is 4.77. The maximum atomic E-state index is 11.8.